The van der Waals surface area contributed by atoms with E-state index in [0.29, 0.717) is 29.3 Å². The minimum absolute atomic E-state index is 0.397. The lowest BCUT2D eigenvalue weighted by atomic mass is 9.80. The number of carbonyl (C=O) groups is 1. The van der Waals surface area contributed by atoms with Crippen molar-refractivity contribution in [3.8, 4) is 11.4 Å². The molecule has 9 nitrogen and oxygen atoms in total. The maximum absolute atomic E-state index is 11.9. The Bertz CT molecular complexity index is 1380. The van der Waals surface area contributed by atoms with Crippen molar-refractivity contribution >= 4 is 35.5 Å². The molecule has 0 spiro atoms. The van der Waals surface area contributed by atoms with Gasteiger partial charge in [0.15, 0.2) is 11.6 Å². The zero-order valence-electron chi connectivity index (χ0n) is 18.0. The Kier molecular flexibility index (Phi) is 5.23. The Morgan fingerprint density at radius 3 is 2.85 bits per heavy atom. The second-order valence-corrected chi connectivity index (χ2v) is 8.08. The molecule has 6 N–H and O–H groups in total. The molecule has 1 aromatic carbocycles. The van der Waals surface area contributed by atoms with Crippen LogP contribution in [0.1, 0.15) is 27.3 Å². The number of nitrogens with two attached hydrogens (primary N) is 1. The summed E-state index contributed by atoms with van der Waals surface area (Å²) in [5.41, 5.74) is 11.7. The summed E-state index contributed by atoms with van der Waals surface area (Å²) < 4.78 is 1.78. The molecule has 0 saturated carbocycles. The van der Waals surface area contributed by atoms with Gasteiger partial charge in [0.2, 0.25) is 0 Å². The summed E-state index contributed by atoms with van der Waals surface area (Å²) in [7, 11) is -1.52. The summed E-state index contributed by atoms with van der Waals surface area (Å²) in [6, 6.07) is 12.5. The average Bonchev–Trinajstić information content (AvgIpc) is 3.40. The lowest BCUT2D eigenvalue weighted by Gasteiger charge is -2.13. The second-order valence-electron chi connectivity index (χ2n) is 8.08. The number of primary amides is 1. The lowest BCUT2D eigenvalue weighted by Crippen LogP contribution is -2.30. The Labute approximate surface area is 190 Å². The Morgan fingerprint density at radius 2 is 2.06 bits per heavy atom. The molecular formula is C23H23BN6O3. The summed E-state index contributed by atoms with van der Waals surface area (Å²) in [4.78, 5) is 21.5. The topological polar surface area (TPSA) is 138 Å². The SMILES string of the molecule is Cc1cn2c(C(N)=O)cccc2c1-c1nc2c(c(NCc3cccc(B(O)O)c3)n1)NCC2. The molecule has 166 valence electrons. The summed E-state index contributed by atoms with van der Waals surface area (Å²) in [5.74, 6) is 0.743. The van der Waals surface area contributed by atoms with Gasteiger partial charge in [0.05, 0.1) is 16.9 Å². The van der Waals surface area contributed by atoms with Crippen molar-refractivity contribution < 1.29 is 14.8 Å². The maximum Gasteiger partial charge on any atom is 0.488 e. The largest absolute Gasteiger partial charge is 0.488 e. The van der Waals surface area contributed by atoms with E-state index in [1.165, 1.54) is 0 Å². The lowest BCUT2D eigenvalue weighted by molar-refractivity contribution is 0.0994. The van der Waals surface area contributed by atoms with E-state index in [1.54, 1.807) is 34.7 Å². The van der Waals surface area contributed by atoms with Gasteiger partial charge in [-0.05, 0) is 35.6 Å². The molecule has 33 heavy (non-hydrogen) atoms. The van der Waals surface area contributed by atoms with Gasteiger partial charge >= 0.3 is 7.12 Å². The highest BCUT2D eigenvalue weighted by molar-refractivity contribution is 6.58. The van der Waals surface area contributed by atoms with Crippen LogP contribution in [-0.2, 0) is 13.0 Å². The quantitative estimate of drug-likeness (QED) is 0.282. The molecule has 5 rings (SSSR count). The van der Waals surface area contributed by atoms with E-state index in [9.17, 15) is 14.8 Å². The molecule has 0 bridgehead atoms. The van der Waals surface area contributed by atoms with E-state index in [-0.39, 0.29) is 0 Å². The van der Waals surface area contributed by atoms with Gasteiger partial charge in [-0.15, -0.1) is 0 Å². The van der Waals surface area contributed by atoms with Gasteiger partial charge in [-0.3, -0.25) is 4.79 Å². The van der Waals surface area contributed by atoms with Gasteiger partial charge in [-0.2, -0.15) is 0 Å². The van der Waals surface area contributed by atoms with Crippen molar-refractivity contribution in [2.45, 2.75) is 19.9 Å². The number of benzene rings is 1. The second kappa shape index (κ2) is 8.23. The zero-order chi connectivity index (χ0) is 23.1. The highest BCUT2D eigenvalue weighted by Gasteiger charge is 2.23. The standard InChI is InChI=1S/C23H23BN6O3/c1-13-12-30-17(6-3-7-18(30)21(25)31)19(13)22-28-16-8-9-26-20(16)23(29-22)27-11-14-4-2-5-15(10-14)24(32)33/h2-7,10,12,26,32-33H,8-9,11H2,1H3,(H2,25,31)(H,27,28,29). The third-order valence-corrected chi connectivity index (χ3v) is 5.83. The van der Waals surface area contributed by atoms with Crippen molar-refractivity contribution in [3.05, 3.63) is 71.2 Å². The average molecular weight is 442 g/mol. The van der Waals surface area contributed by atoms with E-state index >= 15 is 0 Å². The van der Waals surface area contributed by atoms with Crippen molar-refractivity contribution in [1.29, 1.82) is 0 Å². The number of amides is 1. The summed E-state index contributed by atoms with van der Waals surface area (Å²) in [6.45, 7) is 3.18. The number of aromatic nitrogens is 3. The van der Waals surface area contributed by atoms with Crippen LogP contribution < -0.4 is 21.8 Å². The summed E-state index contributed by atoms with van der Waals surface area (Å²) in [6.07, 6.45) is 2.65. The van der Waals surface area contributed by atoms with E-state index < -0.39 is 13.0 Å². The van der Waals surface area contributed by atoms with Crippen LogP contribution in [0.3, 0.4) is 0 Å². The Balaban J connectivity index is 1.56. The fourth-order valence-corrected chi connectivity index (χ4v) is 4.28. The molecule has 4 aromatic rings. The van der Waals surface area contributed by atoms with Crippen molar-refractivity contribution in [1.82, 2.24) is 14.4 Å². The van der Waals surface area contributed by atoms with Gasteiger partial charge < -0.3 is 30.8 Å². The highest BCUT2D eigenvalue weighted by atomic mass is 16.4. The first-order valence-electron chi connectivity index (χ1n) is 10.7. The number of aryl methyl sites for hydroxylation is 1. The fourth-order valence-electron chi connectivity index (χ4n) is 4.28. The van der Waals surface area contributed by atoms with Gasteiger partial charge in [-0.25, -0.2) is 9.97 Å². The van der Waals surface area contributed by atoms with Crippen molar-refractivity contribution in [2.75, 3.05) is 17.2 Å². The first-order valence-corrected chi connectivity index (χ1v) is 10.7. The van der Waals surface area contributed by atoms with Crippen LogP contribution in [0.4, 0.5) is 11.5 Å². The molecule has 1 amide bonds. The molecule has 0 fully saturated rings. The number of pyridine rings is 1. The number of hydrogen-bond acceptors (Lipinski definition) is 7. The third-order valence-electron chi connectivity index (χ3n) is 5.83. The minimum atomic E-state index is -1.52. The van der Waals surface area contributed by atoms with Crippen LogP contribution in [-0.4, -0.2) is 44.0 Å². The number of nitrogens with zero attached hydrogens (tertiary/aromatic N) is 3. The molecule has 4 heterocycles. The Hall–Kier alpha value is -3.89. The number of carbonyl (C=O) groups excluding carboxylic acids is 1. The van der Waals surface area contributed by atoms with Gasteiger partial charge in [-0.1, -0.05) is 30.3 Å². The molecule has 0 saturated heterocycles. The van der Waals surface area contributed by atoms with Crippen molar-refractivity contribution in [3.63, 3.8) is 0 Å². The summed E-state index contributed by atoms with van der Waals surface area (Å²) in [5, 5.41) is 25.6. The van der Waals surface area contributed by atoms with E-state index in [4.69, 9.17) is 15.7 Å². The van der Waals surface area contributed by atoms with Crippen LogP contribution in [0.25, 0.3) is 16.9 Å². The van der Waals surface area contributed by atoms with Crippen LogP contribution in [0.5, 0.6) is 0 Å². The molecule has 10 heteroatoms. The molecule has 1 aliphatic heterocycles. The maximum atomic E-state index is 11.9. The molecular weight excluding hydrogens is 419 g/mol. The summed E-state index contributed by atoms with van der Waals surface area (Å²) >= 11 is 0. The predicted octanol–water partition coefficient (Wildman–Crippen LogP) is 1.06. The predicted molar refractivity (Wildman–Crippen MR) is 127 cm³/mol. The van der Waals surface area contributed by atoms with Gasteiger partial charge in [0.1, 0.15) is 5.69 Å². The van der Waals surface area contributed by atoms with Gasteiger partial charge in [0, 0.05) is 31.3 Å². The number of rotatable bonds is 6. The first kappa shape index (κ1) is 21.0. The molecule has 0 aliphatic carbocycles. The zero-order valence-corrected chi connectivity index (χ0v) is 18.0. The number of fused-ring (bicyclic) bond motifs is 2. The fraction of sp³-hybridized carbons (Fsp3) is 0.174. The van der Waals surface area contributed by atoms with Crippen molar-refractivity contribution in [2.24, 2.45) is 5.73 Å². The van der Waals surface area contributed by atoms with E-state index in [0.717, 1.165) is 46.6 Å². The van der Waals surface area contributed by atoms with E-state index in [1.807, 2.05) is 25.3 Å². The number of nitrogens with one attached hydrogen (secondary N) is 2. The van der Waals surface area contributed by atoms with E-state index in [2.05, 4.69) is 10.6 Å². The van der Waals surface area contributed by atoms with Crippen LogP contribution in [0.2, 0.25) is 0 Å². The molecule has 0 radical (unpaired) electrons. The van der Waals surface area contributed by atoms with Crippen LogP contribution in [0.15, 0.2) is 48.7 Å². The number of hydrogen-bond donors (Lipinski definition) is 5. The molecule has 3 aromatic heterocycles. The molecule has 0 atom stereocenters. The smallest absolute Gasteiger partial charge is 0.423 e. The molecule has 1 aliphatic rings. The molecule has 0 unspecified atom stereocenters. The normalized spacial score (nSPS) is 12.5. The Morgan fingerprint density at radius 1 is 1.24 bits per heavy atom. The third kappa shape index (κ3) is 3.79. The van der Waals surface area contributed by atoms with Gasteiger partial charge in [0.25, 0.3) is 5.91 Å². The monoisotopic (exact) mass is 442 g/mol. The van der Waals surface area contributed by atoms with Crippen LogP contribution >= 0.6 is 0 Å². The highest BCUT2D eigenvalue weighted by Crippen LogP contribution is 2.34. The number of anilines is 2. The first-order chi connectivity index (χ1) is 15.9. The minimum Gasteiger partial charge on any atom is -0.423 e. The van der Waals surface area contributed by atoms with Crippen LogP contribution in [0, 0.1) is 6.92 Å².